The minimum atomic E-state index is -0.173. The zero-order chi connectivity index (χ0) is 21.3. The summed E-state index contributed by atoms with van der Waals surface area (Å²) >= 11 is 0. The molecule has 0 bridgehead atoms. The Labute approximate surface area is 179 Å². The van der Waals surface area contributed by atoms with Crippen LogP contribution >= 0.6 is 0 Å². The largest absolute Gasteiger partial charge is 0.353 e. The number of piperidine rings is 1. The summed E-state index contributed by atoms with van der Waals surface area (Å²) in [5, 5.41) is 11.8. The third-order valence-corrected chi connectivity index (χ3v) is 6.99. The fourth-order valence-corrected chi connectivity index (χ4v) is 5.33. The number of aryl methyl sites for hydroxylation is 1. The van der Waals surface area contributed by atoms with E-state index in [9.17, 15) is 4.79 Å². The monoisotopic (exact) mass is 414 g/mol. The fourth-order valence-electron chi connectivity index (χ4n) is 5.33. The SMILES string of the molecule is Cn1nc(C(C)(C)C)c2nc(NC(CC3CCCCC3)C3CCNCC3)[nH]c(=O)c21. The molecule has 0 radical (unpaired) electrons. The van der Waals surface area contributed by atoms with Crippen LogP contribution in [0.3, 0.4) is 0 Å². The Morgan fingerprint density at radius 3 is 2.50 bits per heavy atom. The van der Waals surface area contributed by atoms with Crippen LogP contribution in [0.15, 0.2) is 4.79 Å². The van der Waals surface area contributed by atoms with Crippen molar-refractivity contribution in [1.82, 2.24) is 25.1 Å². The van der Waals surface area contributed by atoms with Crippen LogP contribution in [0, 0.1) is 11.8 Å². The molecule has 4 rings (SSSR count). The Morgan fingerprint density at radius 2 is 1.83 bits per heavy atom. The molecule has 2 aromatic heterocycles. The van der Waals surface area contributed by atoms with E-state index in [-0.39, 0.29) is 11.0 Å². The number of fused-ring (bicyclic) bond motifs is 1. The number of rotatable bonds is 5. The van der Waals surface area contributed by atoms with Crippen molar-refractivity contribution in [2.45, 2.75) is 83.6 Å². The fraction of sp³-hybridized carbons (Fsp3) is 0.783. The molecule has 0 amide bonds. The summed E-state index contributed by atoms with van der Waals surface area (Å²) in [4.78, 5) is 20.8. The molecule has 1 saturated heterocycles. The number of H-pyrrole nitrogens is 1. The summed E-state index contributed by atoms with van der Waals surface area (Å²) in [6.07, 6.45) is 10.3. The van der Waals surface area contributed by atoms with Crippen molar-refractivity contribution in [3.8, 4) is 0 Å². The molecule has 3 N–H and O–H groups in total. The molecular formula is C23H38N6O. The Hall–Kier alpha value is -1.89. The van der Waals surface area contributed by atoms with E-state index in [2.05, 4.69) is 41.5 Å². The molecule has 0 aromatic carbocycles. The molecule has 7 heteroatoms. The second-order valence-corrected chi connectivity index (χ2v) is 10.4. The lowest BCUT2D eigenvalue weighted by molar-refractivity contribution is 0.259. The second kappa shape index (κ2) is 8.69. The van der Waals surface area contributed by atoms with Crippen LogP contribution in [0.2, 0.25) is 0 Å². The summed E-state index contributed by atoms with van der Waals surface area (Å²) in [6.45, 7) is 8.50. The third kappa shape index (κ3) is 4.56. The quantitative estimate of drug-likeness (QED) is 0.694. The topological polar surface area (TPSA) is 87.6 Å². The van der Waals surface area contributed by atoms with Gasteiger partial charge in [-0.1, -0.05) is 52.9 Å². The molecule has 1 aliphatic heterocycles. The Morgan fingerprint density at radius 1 is 1.13 bits per heavy atom. The van der Waals surface area contributed by atoms with E-state index in [1.54, 1.807) is 4.68 Å². The summed E-state index contributed by atoms with van der Waals surface area (Å²) in [6, 6.07) is 0.352. The van der Waals surface area contributed by atoms with Gasteiger partial charge in [-0.15, -0.1) is 0 Å². The van der Waals surface area contributed by atoms with Gasteiger partial charge in [-0.2, -0.15) is 5.10 Å². The predicted molar refractivity (Wildman–Crippen MR) is 122 cm³/mol. The number of aromatic nitrogens is 4. The van der Waals surface area contributed by atoms with E-state index in [1.165, 1.54) is 51.4 Å². The molecule has 30 heavy (non-hydrogen) atoms. The van der Waals surface area contributed by atoms with Gasteiger partial charge in [-0.3, -0.25) is 14.5 Å². The van der Waals surface area contributed by atoms with Crippen molar-refractivity contribution in [3.63, 3.8) is 0 Å². The zero-order valence-corrected chi connectivity index (χ0v) is 19.1. The van der Waals surface area contributed by atoms with Crippen LogP contribution in [-0.2, 0) is 12.5 Å². The maximum absolute atomic E-state index is 12.9. The van der Waals surface area contributed by atoms with E-state index in [4.69, 9.17) is 4.98 Å². The van der Waals surface area contributed by atoms with E-state index in [1.807, 2.05) is 7.05 Å². The molecule has 2 fully saturated rings. The van der Waals surface area contributed by atoms with E-state index in [0.29, 0.717) is 23.4 Å². The van der Waals surface area contributed by atoms with Gasteiger partial charge in [0.05, 0.1) is 5.69 Å². The second-order valence-electron chi connectivity index (χ2n) is 10.4. The van der Waals surface area contributed by atoms with Gasteiger partial charge in [0.1, 0.15) is 5.52 Å². The third-order valence-electron chi connectivity index (χ3n) is 6.99. The minimum absolute atomic E-state index is 0.116. The van der Waals surface area contributed by atoms with Gasteiger partial charge in [0, 0.05) is 18.5 Å². The first kappa shape index (κ1) is 21.3. The van der Waals surface area contributed by atoms with Gasteiger partial charge in [0.2, 0.25) is 5.95 Å². The van der Waals surface area contributed by atoms with Crippen LogP contribution in [-0.4, -0.2) is 38.9 Å². The maximum Gasteiger partial charge on any atom is 0.278 e. The molecule has 166 valence electrons. The number of hydrogen-bond acceptors (Lipinski definition) is 5. The molecule has 3 heterocycles. The molecular weight excluding hydrogens is 376 g/mol. The number of aromatic amines is 1. The van der Waals surface area contributed by atoms with Gasteiger partial charge in [0.15, 0.2) is 5.52 Å². The minimum Gasteiger partial charge on any atom is -0.353 e. The molecule has 1 unspecified atom stereocenters. The average molecular weight is 415 g/mol. The Bertz CT molecular complexity index is 912. The van der Waals surface area contributed by atoms with Crippen molar-refractivity contribution in [3.05, 3.63) is 16.0 Å². The summed E-state index contributed by atoms with van der Waals surface area (Å²) < 4.78 is 1.66. The molecule has 0 spiro atoms. The molecule has 1 saturated carbocycles. The number of anilines is 1. The van der Waals surface area contributed by atoms with E-state index < -0.39 is 0 Å². The van der Waals surface area contributed by atoms with Crippen molar-refractivity contribution >= 4 is 17.0 Å². The molecule has 1 atom stereocenters. The summed E-state index contributed by atoms with van der Waals surface area (Å²) in [5.41, 5.74) is 1.86. The van der Waals surface area contributed by atoms with Crippen molar-refractivity contribution < 1.29 is 0 Å². The first-order chi connectivity index (χ1) is 14.3. The highest BCUT2D eigenvalue weighted by Crippen LogP contribution is 2.32. The lowest BCUT2D eigenvalue weighted by Gasteiger charge is -2.35. The lowest BCUT2D eigenvalue weighted by Crippen LogP contribution is -2.39. The molecule has 1 aliphatic carbocycles. The van der Waals surface area contributed by atoms with Crippen molar-refractivity contribution in [1.29, 1.82) is 0 Å². The van der Waals surface area contributed by atoms with Gasteiger partial charge < -0.3 is 10.6 Å². The summed E-state index contributed by atoms with van der Waals surface area (Å²) in [7, 11) is 1.82. The first-order valence-corrected chi connectivity index (χ1v) is 11.8. The lowest BCUT2D eigenvalue weighted by atomic mass is 9.79. The smallest absolute Gasteiger partial charge is 0.278 e. The number of hydrogen-bond donors (Lipinski definition) is 3. The Balaban J connectivity index is 1.65. The standard InChI is InChI=1S/C23H38N6O/c1-23(2,3)20-18-19(29(4)28-20)21(30)27-22(26-18)25-17(16-10-12-24-13-11-16)14-15-8-6-5-7-9-15/h15-17,24H,5-14H2,1-4H3,(H2,25,26,27,30). The highest BCUT2D eigenvalue weighted by Gasteiger charge is 2.29. The number of nitrogens with zero attached hydrogens (tertiary/aromatic N) is 3. The first-order valence-electron chi connectivity index (χ1n) is 11.8. The molecule has 2 aromatic rings. The van der Waals surface area contributed by atoms with E-state index >= 15 is 0 Å². The van der Waals surface area contributed by atoms with Crippen LogP contribution in [0.4, 0.5) is 5.95 Å². The van der Waals surface area contributed by atoms with Crippen LogP contribution in [0.5, 0.6) is 0 Å². The van der Waals surface area contributed by atoms with Gasteiger partial charge in [-0.05, 0) is 44.2 Å². The zero-order valence-electron chi connectivity index (χ0n) is 19.1. The highest BCUT2D eigenvalue weighted by atomic mass is 16.1. The van der Waals surface area contributed by atoms with Gasteiger partial charge in [-0.25, -0.2) is 4.98 Å². The van der Waals surface area contributed by atoms with Gasteiger partial charge in [0.25, 0.3) is 5.56 Å². The summed E-state index contributed by atoms with van der Waals surface area (Å²) in [5.74, 6) is 2.00. The van der Waals surface area contributed by atoms with Crippen molar-refractivity contribution in [2.24, 2.45) is 18.9 Å². The number of nitrogens with one attached hydrogen (secondary N) is 3. The molecule has 2 aliphatic rings. The van der Waals surface area contributed by atoms with Crippen molar-refractivity contribution in [2.75, 3.05) is 18.4 Å². The predicted octanol–water partition coefficient (Wildman–Crippen LogP) is 3.70. The molecule has 7 nitrogen and oxygen atoms in total. The van der Waals surface area contributed by atoms with Crippen LogP contribution < -0.4 is 16.2 Å². The van der Waals surface area contributed by atoms with Crippen LogP contribution in [0.25, 0.3) is 11.0 Å². The Kier molecular flexibility index (Phi) is 6.19. The maximum atomic E-state index is 12.9. The van der Waals surface area contributed by atoms with E-state index in [0.717, 1.165) is 30.2 Å². The normalized spacial score (nSPS) is 20.5. The average Bonchev–Trinajstić information content (AvgIpc) is 3.06. The highest BCUT2D eigenvalue weighted by molar-refractivity contribution is 5.78. The van der Waals surface area contributed by atoms with Gasteiger partial charge >= 0.3 is 0 Å². The van der Waals surface area contributed by atoms with Crippen LogP contribution in [0.1, 0.15) is 77.8 Å².